The number of nitrogens with one attached hydrogen (secondary N) is 3. The highest BCUT2D eigenvalue weighted by molar-refractivity contribution is 8.56. The van der Waals surface area contributed by atoms with Crippen molar-refractivity contribution in [1.29, 1.82) is 0 Å². The highest BCUT2D eigenvalue weighted by atomic mass is 32.7. The number of nitrogens with zero attached hydrogens (tertiary/aromatic N) is 12. The van der Waals surface area contributed by atoms with Crippen LogP contribution in [0.15, 0.2) is 19.0 Å². The van der Waals surface area contributed by atoms with E-state index in [1.54, 1.807) is 62.3 Å². The van der Waals surface area contributed by atoms with E-state index in [1.165, 1.54) is 74.2 Å². The fraction of sp³-hybridized carbons (Fsp3) is 0.700. The monoisotopic (exact) mass is 1650 g/mol. The molecule has 3 saturated heterocycles. The smallest absolute Gasteiger partial charge is 0.327 e. The molecular weight excluding hydrogens is 1550 g/mol. The fourth-order valence-electron chi connectivity index (χ4n) is 11.1. The average molecular weight is 1650 g/mol. The van der Waals surface area contributed by atoms with E-state index in [2.05, 4.69) is 60.1 Å². The van der Waals surface area contributed by atoms with Crippen molar-refractivity contribution in [3.63, 3.8) is 0 Å². The Balaban J connectivity index is 0.000000226. The third-order valence-electron chi connectivity index (χ3n) is 16.1. The van der Waals surface area contributed by atoms with Crippen LogP contribution in [-0.4, -0.2) is 245 Å². The first-order valence-corrected chi connectivity index (χ1v) is 44.1. The van der Waals surface area contributed by atoms with E-state index >= 15 is 8.78 Å². The topological polar surface area (TPSA) is 539 Å². The SMILES string of the molecule is CCOC(=O)C(C)NP(=O)(OC[C@H]1O[C@@H](n2cnc3c(OCC)nc(N)nc32)[C@](C)(F)[C@@H]1O)SCC.CCOC(=O)[C@@H](C)NP(=O)(OC[C@H]1O[C@@H](n2cnc3c(OCC)nc(N)nc32)[C@](C)(F)[C@@H]1O)SCC.CCOC(=O)[C@H](C)N[P@@](=O)(OC[C@H]1O[C@@H](n2cnc3c(OCC)nc(N)nc32)[C@](C)(O)[C@@H]1O)SCC. The van der Waals surface area contributed by atoms with Gasteiger partial charge in [-0.2, -0.15) is 29.9 Å². The van der Waals surface area contributed by atoms with Crippen LogP contribution in [0.25, 0.3) is 33.5 Å². The molecular formula is C60H97F2N18O22P3S3. The fourth-order valence-corrected chi connectivity index (χ4v) is 21.9. The molecule has 6 aromatic heterocycles. The molecule has 606 valence electrons. The lowest BCUT2D eigenvalue weighted by molar-refractivity contribution is -0.145. The predicted octanol–water partition coefficient (Wildman–Crippen LogP) is 5.66. The minimum absolute atomic E-state index is 0.0647. The molecule has 0 spiro atoms. The lowest BCUT2D eigenvalue weighted by Crippen LogP contribution is -2.44. The van der Waals surface area contributed by atoms with Crippen molar-refractivity contribution in [3.8, 4) is 17.6 Å². The molecule has 40 nitrogen and oxygen atoms in total. The van der Waals surface area contributed by atoms with Crippen LogP contribution in [0.1, 0.15) is 123 Å². The van der Waals surface area contributed by atoms with Gasteiger partial charge in [0.15, 0.2) is 63.5 Å². The quantitative estimate of drug-likeness (QED) is 0.0129. The number of carbonyl (C=O) groups excluding carboxylic acids is 3. The number of halogens is 2. The number of esters is 3. The molecule has 3 fully saturated rings. The van der Waals surface area contributed by atoms with Gasteiger partial charge in [0.2, 0.25) is 35.5 Å². The zero-order chi connectivity index (χ0) is 80.0. The molecule has 0 amide bonds. The third-order valence-corrected chi connectivity index (χ3v) is 28.8. The number of rotatable bonds is 36. The molecule has 9 heterocycles. The van der Waals surface area contributed by atoms with Gasteiger partial charge in [-0.15, -0.1) is 0 Å². The van der Waals surface area contributed by atoms with Crippen molar-refractivity contribution < 1.29 is 113 Å². The maximum absolute atomic E-state index is 15.8. The number of carbonyl (C=O) groups is 3. The number of anilines is 3. The van der Waals surface area contributed by atoms with E-state index in [4.69, 9.17) is 73.4 Å². The Morgan fingerprint density at radius 3 is 1.03 bits per heavy atom. The number of aromatic nitrogens is 12. The van der Waals surface area contributed by atoms with Crippen LogP contribution >= 0.6 is 54.3 Å². The van der Waals surface area contributed by atoms with Crippen LogP contribution in [0, 0.1) is 0 Å². The molecule has 0 bridgehead atoms. The third kappa shape index (κ3) is 21.0. The summed E-state index contributed by atoms with van der Waals surface area (Å²) >= 11 is 2.91. The zero-order valence-electron chi connectivity index (χ0n) is 62.2. The molecule has 18 atom stereocenters. The number of hydrogen-bond donors (Lipinski definition) is 10. The average Bonchev–Trinajstić information content (AvgIpc) is 1.61. The standard InChI is InChI=1S/2C20H32FN6O7PS.C20H33N6O8PS/c2*1-6-31-16-13-15(24-19(22)25-16)27(10-23-13)18-20(5,21)14(28)12(34-18)9-33-35(30,36-8-3)26-11(4)17(29)32-7-2;1-6-31-16-13-15(23-19(21)24-16)26(10-22-13)18-20(5,29)14(27)12(34-18)9-33-35(30,36-8-3)25-11(4)17(28)32-7-2/h2*10-12,14,18,28H,6-9H2,1-5H3,(H,26,30)(H2,22,24,25);10-12,14,18,27,29H,6-9H2,1-5H3,(H,25,30)(H2,21,23,24)/t11?,12-,14-,18-,20-,35?;11-,12-,14-,18-,20-,35?;11-,12+,14+,18+,20+,35+/m110/s1. The Labute approximate surface area is 632 Å². The number of nitrogens with two attached hydrogens (primary N) is 3. The number of fused-ring (bicyclic) bond motifs is 3. The van der Waals surface area contributed by atoms with Crippen LogP contribution < -0.4 is 46.7 Å². The van der Waals surface area contributed by atoms with Gasteiger partial charge in [-0.3, -0.25) is 41.8 Å². The normalized spacial score (nSPS) is 26.6. The lowest BCUT2D eigenvalue weighted by Gasteiger charge is -2.27. The van der Waals surface area contributed by atoms with Crippen molar-refractivity contribution in [2.45, 2.75) is 194 Å². The zero-order valence-corrected chi connectivity index (χ0v) is 67.3. The second kappa shape index (κ2) is 38.4. The molecule has 0 aliphatic carbocycles. The summed E-state index contributed by atoms with van der Waals surface area (Å²) in [5.41, 5.74) is 12.3. The van der Waals surface area contributed by atoms with Gasteiger partial charge in [-0.05, 0) is 83.1 Å². The van der Waals surface area contributed by atoms with E-state index in [0.717, 1.165) is 34.1 Å². The Morgan fingerprint density at radius 1 is 0.491 bits per heavy atom. The summed E-state index contributed by atoms with van der Waals surface area (Å²) in [6.45, 7) is 13.3. The van der Waals surface area contributed by atoms with Crippen LogP contribution in [0.3, 0.4) is 0 Å². The Bertz CT molecular complexity index is 3770. The summed E-state index contributed by atoms with van der Waals surface area (Å²) in [5, 5.41) is 51.5. The van der Waals surface area contributed by atoms with Gasteiger partial charge < -0.3 is 93.8 Å². The van der Waals surface area contributed by atoms with Crippen molar-refractivity contribution in [1.82, 2.24) is 73.8 Å². The number of nitrogen functional groups attached to an aromatic ring is 3. The van der Waals surface area contributed by atoms with Crippen molar-refractivity contribution >= 4 is 124 Å². The number of alkyl halides is 2. The van der Waals surface area contributed by atoms with Gasteiger partial charge >= 0.3 is 38.1 Å². The summed E-state index contributed by atoms with van der Waals surface area (Å²) < 4.78 is 141. The summed E-state index contributed by atoms with van der Waals surface area (Å²) in [4.78, 5) is 73.1. The van der Waals surface area contributed by atoms with Gasteiger partial charge in [0, 0.05) is 17.3 Å². The second-order valence-electron chi connectivity index (χ2n) is 24.3. The maximum Gasteiger partial charge on any atom is 0.327 e. The van der Waals surface area contributed by atoms with Gasteiger partial charge in [-0.25, -0.2) is 39.0 Å². The molecule has 0 aromatic carbocycles. The molecule has 48 heteroatoms. The van der Waals surface area contributed by atoms with Gasteiger partial charge in [0.05, 0.1) is 78.4 Å². The van der Waals surface area contributed by atoms with Crippen molar-refractivity contribution in [2.75, 3.05) is 93.9 Å². The lowest BCUT2D eigenvalue weighted by atomic mass is 9.96. The molecule has 13 N–H and O–H groups in total. The number of aliphatic hydroxyl groups excluding tert-OH is 3. The molecule has 0 radical (unpaired) electrons. The second-order valence-corrected chi connectivity index (χ2v) is 38.0. The Morgan fingerprint density at radius 2 is 0.759 bits per heavy atom. The predicted molar refractivity (Wildman–Crippen MR) is 395 cm³/mol. The number of imidazole rings is 3. The minimum Gasteiger partial charge on any atom is -0.476 e. The number of hydrogen-bond acceptors (Lipinski definition) is 37. The van der Waals surface area contributed by atoms with Crippen LogP contribution in [0.5, 0.6) is 17.6 Å². The Hall–Kier alpha value is -6.06. The summed E-state index contributed by atoms with van der Waals surface area (Å²) in [6.07, 6.45) is -8.08. The van der Waals surface area contributed by atoms with E-state index in [9.17, 15) is 48.5 Å². The van der Waals surface area contributed by atoms with E-state index in [1.807, 2.05) is 0 Å². The number of aliphatic hydroxyl groups is 4. The van der Waals surface area contributed by atoms with Gasteiger partial charge in [0.1, 0.15) is 60.4 Å². The first-order valence-electron chi connectivity index (χ1n) is 34.4. The van der Waals surface area contributed by atoms with E-state index in [-0.39, 0.29) is 89.9 Å². The maximum atomic E-state index is 15.8. The van der Waals surface area contributed by atoms with Crippen LogP contribution in [0.4, 0.5) is 26.6 Å². The first kappa shape index (κ1) is 89.1. The molecule has 3 unspecified atom stereocenters. The van der Waals surface area contributed by atoms with Crippen molar-refractivity contribution in [2.24, 2.45) is 0 Å². The molecule has 3 aliphatic rings. The van der Waals surface area contributed by atoms with Gasteiger partial charge in [0.25, 0.3) is 0 Å². The van der Waals surface area contributed by atoms with E-state index < -0.39 is 142 Å². The van der Waals surface area contributed by atoms with E-state index in [0.29, 0.717) is 42.6 Å². The highest BCUT2D eigenvalue weighted by Crippen LogP contribution is 2.59. The summed E-state index contributed by atoms with van der Waals surface area (Å²) in [6, 6.07) is -2.71. The summed E-state index contributed by atoms with van der Waals surface area (Å²) in [7, 11) is 0. The van der Waals surface area contributed by atoms with Gasteiger partial charge in [-0.1, -0.05) is 54.9 Å². The number of ether oxygens (including phenoxy) is 9. The largest absolute Gasteiger partial charge is 0.476 e. The van der Waals surface area contributed by atoms with Crippen LogP contribution in [-0.2, 0) is 70.1 Å². The first-order chi connectivity index (χ1) is 50.9. The summed E-state index contributed by atoms with van der Waals surface area (Å²) in [5.74, 6) is -0.343. The molecule has 6 aromatic rings. The molecule has 108 heavy (non-hydrogen) atoms. The Kier molecular flexibility index (Phi) is 31.7. The molecule has 0 saturated carbocycles. The minimum atomic E-state index is -3.63. The molecule has 3 aliphatic heterocycles. The van der Waals surface area contributed by atoms with Crippen LogP contribution in [0.2, 0.25) is 0 Å². The molecule has 9 rings (SSSR count). The van der Waals surface area contributed by atoms with Crippen molar-refractivity contribution in [3.05, 3.63) is 19.0 Å². The highest BCUT2D eigenvalue weighted by Gasteiger charge is 2.58.